The van der Waals surface area contributed by atoms with Crippen LogP contribution < -0.4 is 25.6 Å². The Balaban J connectivity index is 1.25. The Morgan fingerprint density at radius 1 is 1.10 bits per heavy atom. The van der Waals surface area contributed by atoms with Gasteiger partial charge in [0.2, 0.25) is 5.95 Å². The molecule has 41 heavy (non-hydrogen) atoms. The van der Waals surface area contributed by atoms with Gasteiger partial charge in [-0.05, 0) is 80.8 Å². The molecule has 0 atom stereocenters. The molecule has 2 aromatic carbocycles. The summed E-state index contributed by atoms with van der Waals surface area (Å²) < 4.78 is 20.2. The number of halogens is 1. The lowest BCUT2D eigenvalue weighted by molar-refractivity contribution is 0.00130. The number of methoxy groups -OCH3 is 1. The minimum Gasteiger partial charge on any atom is -0.494 e. The lowest BCUT2D eigenvalue weighted by atomic mass is 9.72. The highest BCUT2D eigenvalue weighted by molar-refractivity contribution is 7.71. The third-order valence-electron chi connectivity index (χ3n) is 8.28. The monoisotopic (exact) mass is 610 g/mol. The van der Waals surface area contributed by atoms with E-state index >= 15 is 0 Å². The maximum atomic E-state index is 13.3. The summed E-state index contributed by atoms with van der Waals surface area (Å²) in [5, 5.41) is 10.8. The molecule has 2 aromatic heterocycles. The van der Waals surface area contributed by atoms with Crippen LogP contribution in [0.1, 0.15) is 18.4 Å². The number of nitrogens with one attached hydrogen (secondary N) is 2. The van der Waals surface area contributed by atoms with Crippen LogP contribution >= 0.6 is 30.1 Å². The van der Waals surface area contributed by atoms with Gasteiger partial charge in [0.05, 0.1) is 24.7 Å². The van der Waals surface area contributed by atoms with Crippen LogP contribution in [0.4, 0.5) is 28.8 Å². The van der Waals surface area contributed by atoms with Crippen LogP contribution in [0.5, 0.6) is 5.75 Å². The molecule has 2 aliphatic rings. The van der Waals surface area contributed by atoms with Gasteiger partial charge >= 0.3 is 0 Å². The van der Waals surface area contributed by atoms with E-state index in [2.05, 4.69) is 56.5 Å². The number of rotatable bonds is 7. The van der Waals surface area contributed by atoms with Gasteiger partial charge in [0.25, 0.3) is 0 Å². The number of hydrogen-bond donors (Lipinski definition) is 2. The number of fused-ring (bicyclic) bond motifs is 1. The van der Waals surface area contributed by atoms with Gasteiger partial charge in [0.15, 0.2) is 5.82 Å². The second-order valence-corrected chi connectivity index (χ2v) is 16.3. The topological polar surface area (TPSA) is 82.6 Å². The number of benzene rings is 2. The molecule has 4 aromatic rings. The number of aromatic nitrogens is 2. The molecular weight excluding hydrogens is 575 g/mol. The van der Waals surface area contributed by atoms with Crippen molar-refractivity contribution < 1.29 is 9.30 Å². The predicted molar refractivity (Wildman–Crippen MR) is 174 cm³/mol. The van der Waals surface area contributed by atoms with Crippen LogP contribution in [0.25, 0.3) is 10.1 Å². The van der Waals surface area contributed by atoms with E-state index in [1.54, 1.807) is 38.0 Å². The van der Waals surface area contributed by atoms with Gasteiger partial charge in [-0.1, -0.05) is 11.6 Å². The lowest BCUT2D eigenvalue weighted by Gasteiger charge is -2.53. The van der Waals surface area contributed by atoms with Gasteiger partial charge in [-0.25, -0.2) is 4.98 Å². The molecule has 8 nitrogen and oxygen atoms in total. The van der Waals surface area contributed by atoms with Crippen LogP contribution in [-0.4, -0.2) is 68.5 Å². The number of ether oxygens (including phenoxy) is 1. The smallest absolute Gasteiger partial charge is 0.229 e. The molecule has 0 amide bonds. The minimum atomic E-state index is -2.61. The summed E-state index contributed by atoms with van der Waals surface area (Å²) in [5.41, 5.74) is 4.38. The summed E-state index contributed by atoms with van der Waals surface area (Å²) in [4.78, 5) is 14.0. The van der Waals surface area contributed by atoms with E-state index in [1.165, 1.54) is 31.6 Å². The van der Waals surface area contributed by atoms with E-state index in [1.807, 2.05) is 23.6 Å². The Kier molecular flexibility index (Phi) is 7.43. The fourth-order valence-corrected chi connectivity index (χ4v) is 8.89. The van der Waals surface area contributed by atoms with Crippen LogP contribution in [0.2, 0.25) is 5.02 Å². The van der Waals surface area contributed by atoms with E-state index in [9.17, 15) is 4.57 Å². The summed E-state index contributed by atoms with van der Waals surface area (Å²) >= 11 is 8.16. The molecule has 11 heteroatoms. The van der Waals surface area contributed by atoms with Crippen molar-refractivity contribution in [3.63, 3.8) is 0 Å². The van der Waals surface area contributed by atoms with Crippen molar-refractivity contribution in [2.45, 2.75) is 19.8 Å². The number of piperidine rings is 1. The number of thiophene rings is 1. The predicted octanol–water partition coefficient (Wildman–Crippen LogP) is 6.93. The highest BCUT2D eigenvalue weighted by atomic mass is 35.5. The average molecular weight is 611 g/mol. The van der Waals surface area contributed by atoms with Crippen molar-refractivity contribution in [1.82, 2.24) is 14.9 Å². The Morgan fingerprint density at radius 2 is 1.85 bits per heavy atom. The molecule has 2 saturated heterocycles. The van der Waals surface area contributed by atoms with E-state index < -0.39 is 7.14 Å². The summed E-state index contributed by atoms with van der Waals surface area (Å²) in [5.74, 6) is 1.54. The third kappa shape index (κ3) is 5.53. The number of anilines is 5. The fraction of sp³-hybridized carbons (Fsp3) is 0.400. The SMILES string of the molecule is COc1cc(N2CCC3(CC2)CN(C)C3)c(C)cc1Nc1ncc(Cl)c(Nc2ccc3sccc3c2P(C)(C)=O)n1. The summed E-state index contributed by atoms with van der Waals surface area (Å²) in [6.07, 6.45) is 4.01. The van der Waals surface area contributed by atoms with Crippen LogP contribution in [0.15, 0.2) is 41.9 Å². The van der Waals surface area contributed by atoms with Crippen LogP contribution in [0.3, 0.4) is 0 Å². The third-order valence-corrected chi connectivity index (χ3v) is 11.0. The van der Waals surface area contributed by atoms with Crippen LogP contribution in [-0.2, 0) is 4.57 Å². The zero-order valence-corrected chi connectivity index (χ0v) is 26.6. The summed E-state index contributed by atoms with van der Waals surface area (Å²) in [6.45, 7) is 10.2. The van der Waals surface area contributed by atoms with Gasteiger partial charge < -0.3 is 29.7 Å². The van der Waals surface area contributed by atoms with Crippen molar-refractivity contribution in [2.75, 3.05) is 69.2 Å². The second-order valence-electron chi connectivity index (χ2n) is 11.8. The number of aryl methyl sites for hydroxylation is 1. The van der Waals surface area contributed by atoms with Gasteiger partial charge in [0.1, 0.15) is 17.9 Å². The molecule has 0 radical (unpaired) electrons. The molecule has 4 heterocycles. The second kappa shape index (κ2) is 10.8. The first-order valence-electron chi connectivity index (χ1n) is 13.8. The molecule has 0 unspecified atom stereocenters. The van der Waals surface area contributed by atoms with Crippen molar-refractivity contribution in [3.8, 4) is 5.75 Å². The number of likely N-dealkylation sites (tertiary alicyclic amines) is 1. The Labute approximate surface area is 250 Å². The average Bonchev–Trinajstić information content (AvgIpc) is 3.38. The normalized spacial score (nSPS) is 17.1. The molecule has 216 valence electrons. The van der Waals surface area contributed by atoms with Gasteiger partial charge in [-0.3, -0.25) is 0 Å². The zero-order chi connectivity index (χ0) is 28.9. The summed E-state index contributed by atoms with van der Waals surface area (Å²) in [6, 6.07) is 10.2. The molecule has 6 rings (SSSR count). The Bertz CT molecular complexity index is 1650. The zero-order valence-electron chi connectivity index (χ0n) is 24.1. The number of hydrogen-bond acceptors (Lipinski definition) is 9. The molecule has 0 saturated carbocycles. The standard InChI is InChI=1S/C30H36ClN6O2PS/c1-19-14-23(25(39-3)15-24(19)37-11-9-30(10-12-37)17-36(2)18-30)34-29-32-16-21(31)28(35-29)33-22-6-7-26-20(8-13-41-26)27(22)40(4,5)38/h6-8,13-16H,9-12,17-18H2,1-5H3,(H2,32,33,34,35). The van der Waals surface area contributed by atoms with Gasteiger partial charge in [-0.2, -0.15) is 4.98 Å². The molecule has 2 N–H and O–H groups in total. The van der Waals surface area contributed by atoms with Crippen molar-refractivity contribution >= 4 is 74.3 Å². The van der Waals surface area contributed by atoms with Crippen molar-refractivity contribution in [1.29, 1.82) is 0 Å². The first kappa shape index (κ1) is 28.3. The maximum absolute atomic E-state index is 13.3. The quantitative estimate of drug-likeness (QED) is 0.218. The first-order chi connectivity index (χ1) is 19.5. The molecule has 2 fully saturated rings. The molecule has 0 bridgehead atoms. The summed E-state index contributed by atoms with van der Waals surface area (Å²) in [7, 11) is 1.28. The van der Waals surface area contributed by atoms with E-state index in [-0.39, 0.29) is 0 Å². The highest BCUT2D eigenvalue weighted by Crippen LogP contribution is 2.44. The highest BCUT2D eigenvalue weighted by Gasteiger charge is 2.43. The van der Waals surface area contributed by atoms with Crippen molar-refractivity contribution in [2.24, 2.45) is 5.41 Å². The number of nitrogens with zero attached hydrogens (tertiary/aromatic N) is 4. The first-order valence-corrected chi connectivity index (χ1v) is 17.7. The fourth-order valence-electron chi connectivity index (χ4n) is 6.39. The largest absolute Gasteiger partial charge is 0.494 e. The van der Waals surface area contributed by atoms with Gasteiger partial charge in [0, 0.05) is 53.3 Å². The van der Waals surface area contributed by atoms with E-state index in [0.717, 1.165) is 51.2 Å². The lowest BCUT2D eigenvalue weighted by Crippen LogP contribution is -2.58. The molecular formula is C30H36ClN6O2PS. The van der Waals surface area contributed by atoms with Gasteiger partial charge in [-0.15, -0.1) is 11.3 Å². The van der Waals surface area contributed by atoms with Crippen molar-refractivity contribution in [3.05, 3.63) is 52.5 Å². The molecule has 0 aliphatic carbocycles. The molecule has 2 aliphatic heterocycles. The van der Waals surface area contributed by atoms with E-state index in [0.29, 0.717) is 22.2 Å². The maximum Gasteiger partial charge on any atom is 0.229 e. The Hall–Kier alpha value is -2.84. The van der Waals surface area contributed by atoms with E-state index in [4.69, 9.17) is 16.3 Å². The molecule has 1 spiro atoms. The minimum absolute atomic E-state index is 0.368. The Morgan fingerprint density at radius 3 is 2.54 bits per heavy atom. The van der Waals surface area contributed by atoms with Crippen LogP contribution in [0, 0.1) is 12.3 Å².